The molecule has 2 aromatic rings. The van der Waals surface area contributed by atoms with E-state index in [4.69, 9.17) is 14.5 Å². The Balaban J connectivity index is 1.34. The Hall–Kier alpha value is -2.66. The molecule has 2 aromatic heterocycles. The molecule has 0 saturated heterocycles. The Morgan fingerprint density at radius 3 is 2.53 bits per heavy atom. The van der Waals surface area contributed by atoms with Crippen molar-refractivity contribution in [2.45, 2.75) is 76.0 Å². The van der Waals surface area contributed by atoms with Crippen LogP contribution in [0.2, 0.25) is 0 Å². The van der Waals surface area contributed by atoms with Gasteiger partial charge in [-0.05, 0) is 63.5 Å². The summed E-state index contributed by atoms with van der Waals surface area (Å²) < 4.78 is 40.8. The maximum Gasteiger partial charge on any atom is 0.333 e. The first-order valence-corrected chi connectivity index (χ1v) is 12.5. The van der Waals surface area contributed by atoms with Gasteiger partial charge in [0.1, 0.15) is 12.7 Å². The van der Waals surface area contributed by atoms with Gasteiger partial charge in [-0.15, -0.1) is 0 Å². The van der Waals surface area contributed by atoms with E-state index in [2.05, 4.69) is 15.1 Å². The van der Waals surface area contributed by atoms with Crippen molar-refractivity contribution < 1.29 is 22.7 Å². The molecule has 1 unspecified atom stereocenters. The van der Waals surface area contributed by atoms with Gasteiger partial charge in [-0.25, -0.2) is 22.6 Å². The summed E-state index contributed by atoms with van der Waals surface area (Å²) in [7, 11) is -4.17. The number of anilines is 1. The van der Waals surface area contributed by atoms with Gasteiger partial charge in [0, 0.05) is 11.4 Å². The molecule has 2 amide bonds. The first kappa shape index (κ1) is 21.2. The normalized spacial score (nSPS) is 19.3. The summed E-state index contributed by atoms with van der Waals surface area (Å²) in [6, 6.07) is -0.795. The van der Waals surface area contributed by atoms with Crippen molar-refractivity contribution in [1.29, 1.82) is 0 Å². The lowest BCUT2D eigenvalue weighted by molar-refractivity contribution is -0.0444. The molecule has 32 heavy (non-hydrogen) atoms. The number of nitrogens with one attached hydrogen (secondary N) is 2. The average Bonchev–Trinajstić information content (AvgIpc) is 3.45. The predicted octanol–water partition coefficient (Wildman–Crippen LogP) is 1.95. The number of urea groups is 1. The predicted molar refractivity (Wildman–Crippen MR) is 115 cm³/mol. The van der Waals surface area contributed by atoms with Gasteiger partial charge in [0.25, 0.3) is 10.0 Å². The second kappa shape index (κ2) is 8.04. The molecule has 0 spiro atoms. The minimum atomic E-state index is -4.17. The Morgan fingerprint density at radius 1 is 1.19 bits per heavy atom. The molecular formula is C21H27N5O5S. The van der Waals surface area contributed by atoms with E-state index in [1.807, 2.05) is 13.8 Å². The van der Waals surface area contributed by atoms with E-state index in [-0.39, 0.29) is 29.6 Å². The van der Waals surface area contributed by atoms with E-state index in [1.54, 1.807) is 0 Å². The fraction of sp³-hybridized carbons (Fsp3) is 0.571. The van der Waals surface area contributed by atoms with Gasteiger partial charge in [0.2, 0.25) is 5.88 Å². The second-order valence-electron chi connectivity index (χ2n) is 8.72. The SMILES string of the molecule is CC(C)OC1COc2c(S(=O)(=O)NC(=O)Nc3c4c(nc5c3CCC5)CCC4)cnn2C1. The van der Waals surface area contributed by atoms with Gasteiger partial charge >= 0.3 is 6.03 Å². The third-order valence-corrected chi connectivity index (χ3v) is 7.33. The van der Waals surface area contributed by atoms with Crippen LogP contribution < -0.4 is 14.8 Å². The van der Waals surface area contributed by atoms with Crippen molar-refractivity contribution in [2.75, 3.05) is 11.9 Å². The molecule has 0 bridgehead atoms. The summed E-state index contributed by atoms with van der Waals surface area (Å²) in [5, 5.41) is 6.93. The number of hydrogen-bond acceptors (Lipinski definition) is 7. The highest BCUT2D eigenvalue weighted by molar-refractivity contribution is 7.90. The molecule has 1 aliphatic heterocycles. The lowest BCUT2D eigenvalue weighted by atomic mass is 10.1. The Bertz CT molecular complexity index is 1140. The van der Waals surface area contributed by atoms with Crippen LogP contribution in [-0.2, 0) is 47.0 Å². The molecule has 0 aromatic carbocycles. The first-order chi connectivity index (χ1) is 15.3. The van der Waals surface area contributed by atoms with Crippen molar-refractivity contribution in [2.24, 2.45) is 0 Å². The highest BCUT2D eigenvalue weighted by Gasteiger charge is 2.32. The number of ether oxygens (including phenoxy) is 2. The monoisotopic (exact) mass is 461 g/mol. The van der Waals surface area contributed by atoms with E-state index in [1.165, 1.54) is 10.9 Å². The van der Waals surface area contributed by atoms with Crippen LogP contribution in [0.5, 0.6) is 5.88 Å². The first-order valence-electron chi connectivity index (χ1n) is 11.0. The number of hydrogen-bond donors (Lipinski definition) is 2. The Kier molecular flexibility index (Phi) is 5.32. The van der Waals surface area contributed by atoms with E-state index < -0.39 is 16.1 Å². The quantitative estimate of drug-likeness (QED) is 0.697. The zero-order chi connectivity index (χ0) is 22.5. The van der Waals surface area contributed by atoms with Crippen LogP contribution in [-0.4, -0.2) is 48.0 Å². The number of rotatable bonds is 5. The number of aromatic nitrogens is 3. The third-order valence-electron chi connectivity index (χ3n) is 6.01. The molecule has 2 aliphatic carbocycles. The maximum absolute atomic E-state index is 12.9. The number of carbonyl (C=O) groups is 1. The van der Waals surface area contributed by atoms with Crippen LogP contribution in [0.3, 0.4) is 0 Å². The highest BCUT2D eigenvalue weighted by Crippen LogP contribution is 2.36. The fourth-order valence-electron chi connectivity index (χ4n) is 4.75. The number of nitrogens with zero attached hydrogens (tertiary/aromatic N) is 3. The lowest BCUT2D eigenvalue weighted by Gasteiger charge is -2.26. The third kappa shape index (κ3) is 3.83. The van der Waals surface area contributed by atoms with Gasteiger partial charge < -0.3 is 14.8 Å². The lowest BCUT2D eigenvalue weighted by Crippen LogP contribution is -2.37. The molecule has 0 saturated carbocycles. The largest absolute Gasteiger partial charge is 0.474 e. The van der Waals surface area contributed by atoms with E-state index in [9.17, 15) is 13.2 Å². The fourth-order valence-corrected chi connectivity index (χ4v) is 5.74. The molecule has 10 nitrogen and oxygen atoms in total. The minimum Gasteiger partial charge on any atom is -0.474 e. The molecule has 3 heterocycles. The molecule has 11 heteroatoms. The van der Waals surface area contributed by atoms with Crippen molar-refractivity contribution in [1.82, 2.24) is 19.5 Å². The Morgan fingerprint density at radius 2 is 1.88 bits per heavy atom. The van der Waals surface area contributed by atoms with Crippen LogP contribution >= 0.6 is 0 Å². The summed E-state index contributed by atoms with van der Waals surface area (Å²) in [4.78, 5) is 17.4. The number of aryl methyl sites for hydroxylation is 2. The number of carbonyl (C=O) groups excluding carboxylic acids is 1. The van der Waals surface area contributed by atoms with Gasteiger partial charge in [-0.3, -0.25) is 4.98 Å². The van der Waals surface area contributed by atoms with Gasteiger partial charge in [-0.1, -0.05) is 0 Å². The summed E-state index contributed by atoms with van der Waals surface area (Å²) in [6.07, 6.45) is 6.42. The number of pyridine rings is 1. The number of fused-ring (bicyclic) bond motifs is 3. The van der Waals surface area contributed by atoms with E-state index in [0.717, 1.165) is 66.7 Å². The van der Waals surface area contributed by atoms with Crippen LogP contribution in [0.15, 0.2) is 11.1 Å². The standard InChI is InChI=1S/C21H27N5O5S/c1-12(2)31-13-10-26-20(30-11-13)18(9-22-26)32(28,29)25-21(27)24-19-14-5-3-7-16(14)23-17-8-4-6-15(17)19/h9,12-13H,3-8,10-11H2,1-2H3,(H2,23,24,25,27). The van der Waals surface area contributed by atoms with E-state index >= 15 is 0 Å². The molecule has 3 aliphatic rings. The molecule has 5 rings (SSSR count). The van der Waals surface area contributed by atoms with Crippen LogP contribution in [0.25, 0.3) is 0 Å². The number of amides is 2. The van der Waals surface area contributed by atoms with Gasteiger partial charge in [0.15, 0.2) is 4.90 Å². The number of sulfonamides is 1. The summed E-state index contributed by atoms with van der Waals surface area (Å²) in [5.41, 5.74) is 4.82. The summed E-state index contributed by atoms with van der Waals surface area (Å²) >= 11 is 0. The van der Waals surface area contributed by atoms with Crippen molar-refractivity contribution >= 4 is 21.7 Å². The zero-order valence-electron chi connectivity index (χ0n) is 18.2. The molecule has 2 N–H and O–H groups in total. The molecule has 1 atom stereocenters. The smallest absolute Gasteiger partial charge is 0.333 e. The summed E-state index contributed by atoms with van der Waals surface area (Å²) in [6.45, 7) is 4.44. The molecular weight excluding hydrogens is 434 g/mol. The molecule has 0 fully saturated rings. The topological polar surface area (TPSA) is 124 Å². The van der Waals surface area contributed by atoms with Gasteiger partial charge in [-0.2, -0.15) is 5.10 Å². The van der Waals surface area contributed by atoms with Crippen molar-refractivity contribution in [3.05, 3.63) is 28.7 Å². The van der Waals surface area contributed by atoms with Crippen LogP contribution in [0.1, 0.15) is 49.2 Å². The van der Waals surface area contributed by atoms with Crippen molar-refractivity contribution in [3.63, 3.8) is 0 Å². The zero-order valence-corrected chi connectivity index (χ0v) is 19.0. The van der Waals surface area contributed by atoms with E-state index in [0.29, 0.717) is 6.54 Å². The second-order valence-corrected chi connectivity index (χ2v) is 10.4. The maximum atomic E-state index is 12.9. The average molecular weight is 462 g/mol. The summed E-state index contributed by atoms with van der Waals surface area (Å²) in [5.74, 6) is 0.111. The minimum absolute atomic E-state index is 0.0189. The van der Waals surface area contributed by atoms with Crippen LogP contribution in [0, 0.1) is 0 Å². The van der Waals surface area contributed by atoms with Crippen molar-refractivity contribution in [3.8, 4) is 5.88 Å². The highest BCUT2D eigenvalue weighted by atomic mass is 32.2. The molecule has 0 radical (unpaired) electrons. The molecule has 172 valence electrons. The van der Waals surface area contributed by atoms with Crippen LogP contribution in [0.4, 0.5) is 10.5 Å². The van der Waals surface area contributed by atoms with Gasteiger partial charge in [0.05, 0.1) is 24.5 Å². The Labute approximate surface area is 186 Å².